The van der Waals surface area contributed by atoms with Crippen molar-refractivity contribution < 1.29 is 26.7 Å². The van der Waals surface area contributed by atoms with Crippen molar-refractivity contribution in [1.29, 1.82) is 0 Å². The zero-order valence-electron chi connectivity index (χ0n) is 11.2. The molecular weight excluding hydrogens is 291 g/mol. The molecule has 1 aliphatic carbocycles. The van der Waals surface area contributed by atoms with Crippen LogP contribution in [0.2, 0.25) is 0 Å². The summed E-state index contributed by atoms with van der Waals surface area (Å²) in [5.74, 6) is -3.71. The Balaban J connectivity index is 2.18. The molecular formula is C15H15F5O. The van der Waals surface area contributed by atoms with Gasteiger partial charge in [0.1, 0.15) is 0 Å². The summed E-state index contributed by atoms with van der Waals surface area (Å²) in [7, 11) is 0. The van der Waals surface area contributed by atoms with Crippen LogP contribution in [0.15, 0.2) is 24.8 Å². The van der Waals surface area contributed by atoms with Crippen LogP contribution in [0.5, 0.6) is 5.75 Å². The molecule has 0 aliphatic heterocycles. The molecule has 0 spiro atoms. The van der Waals surface area contributed by atoms with Crippen LogP contribution in [0.1, 0.15) is 37.2 Å². The van der Waals surface area contributed by atoms with Gasteiger partial charge in [0.05, 0.1) is 0 Å². The number of rotatable bonds is 3. The molecule has 116 valence electrons. The van der Waals surface area contributed by atoms with Gasteiger partial charge in [0.2, 0.25) is 5.75 Å². The fourth-order valence-corrected chi connectivity index (χ4v) is 2.72. The molecule has 0 bridgehead atoms. The van der Waals surface area contributed by atoms with Crippen molar-refractivity contribution in [1.82, 2.24) is 0 Å². The molecule has 1 aromatic carbocycles. The van der Waals surface area contributed by atoms with E-state index < -0.39 is 23.7 Å². The molecule has 0 atom stereocenters. The summed E-state index contributed by atoms with van der Waals surface area (Å²) in [6.07, 6.45) is -0.0800. The van der Waals surface area contributed by atoms with Gasteiger partial charge in [-0.1, -0.05) is 6.08 Å². The van der Waals surface area contributed by atoms with E-state index in [9.17, 15) is 22.0 Å². The predicted octanol–water partition coefficient (Wildman–Crippen LogP) is 5.32. The van der Waals surface area contributed by atoms with Crippen LogP contribution in [0, 0.1) is 17.6 Å². The molecule has 0 amide bonds. The van der Waals surface area contributed by atoms with Crippen molar-refractivity contribution >= 4 is 0 Å². The van der Waals surface area contributed by atoms with Crippen LogP contribution < -0.4 is 4.74 Å². The number of hydrogen-bond donors (Lipinski definition) is 0. The summed E-state index contributed by atoms with van der Waals surface area (Å²) in [6, 6.07) is 1.87. The van der Waals surface area contributed by atoms with Crippen molar-refractivity contribution in [2.45, 2.75) is 38.0 Å². The van der Waals surface area contributed by atoms with Crippen LogP contribution in [0.25, 0.3) is 0 Å². The highest BCUT2D eigenvalue weighted by Gasteiger charge is 2.34. The van der Waals surface area contributed by atoms with Gasteiger partial charge in [-0.05, 0) is 55.2 Å². The van der Waals surface area contributed by atoms with E-state index in [1.165, 1.54) is 0 Å². The monoisotopic (exact) mass is 306 g/mol. The summed E-state index contributed by atoms with van der Waals surface area (Å²) >= 11 is 0. The Bertz CT molecular complexity index is 492. The summed E-state index contributed by atoms with van der Waals surface area (Å²) in [5.41, 5.74) is 0.377. The van der Waals surface area contributed by atoms with Gasteiger partial charge in [-0.2, -0.15) is 0 Å². The number of allylic oxidation sites excluding steroid dienone is 1. The number of halogens is 5. The highest BCUT2D eigenvalue weighted by molar-refractivity contribution is 5.33. The van der Waals surface area contributed by atoms with Crippen LogP contribution >= 0.6 is 0 Å². The first-order valence-corrected chi connectivity index (χ1v) is 6.67. The molecule has 21 heavy (non-hydrogen) atoms. The number of benzene rings is 1. The maximum Gasteiger partial charge on any atom is 0.573 e. The Morgan fingerprint density at radius 2 is 1.57 bits per heavy atom. The second kappa shape index (κ2) is 6.03. The summed E-state index contributed by atoms with van der Waals surface area (Å²) in [4.78, 5) is 0. The topological polar surface area (TPSA) is 9.23 Å². The minimum atomic E-state index is -5.12. The lowest BCUT2D eigenvalue weighted by molar-refractivity contribution is -0.276. The van der Waals surface area contributed by atoms with Gasteiger partial charge in [0.15, 0.2) is 11.6 Å². The second-order valence-corrected chi connectivity index (χ2v) is 5.21. The molecule has 0 radical (unpaired) electrons. The predicted molar refractivity (Wildman–Crippen MR) is 67.9 cm³/mol. The summed E-state index contributed by atoms with van der Waals surface area (Å²) in [6.45, 7) is 3.71. The average Bonchev–Trinajstić information content (AvgIpc) is 2.42. The Morgan fingerprint density at radius 3 is 2.00 bits per heavy atom. The lowest BCUT2D eigenvalue weighted by Gasteiger charge is -2.27. The zero-order chi connectivity index (χ0) is 15.6. The highest BCUT2D eigenvalue weighted by atomic mass is 19.4. The average molecular weight is 306 g/mol. The largest absolute Gasteiger partial charge is 0.573 e. The standard InChI is InChI=1S/C15H15F5O/c1-2-9-3-5-10(6-4-9)11-7-12(16)14(13(17)8-11)21-15(18,19)20/h2,7-10H,1,3-6H2/t9-,10-. The van der Waals surface area contributed by atoms with Crippen LogP contribution in [0.3, 0.4) is 0 Å². The van der Waals surface area contributed by atoms with E-state index in [0.29, 0.717) is 11.5 Å². The minimum absolute atomic E-state index is 0.0508. The highest BCUT2D eigenvalue weighted by Crippen LogP contribution is 2.38. The van der Waals surface area contributed by atoms with E-state index in [2.05, 4.69) is 11.3 Å². The summed E-state index contributed by atoms with van der Waals surface area (Å²) < 4.78 is 66.9. The normalized spacial score (nSPS) is 22.9. The second-order valence-electron chi connectivity index (χ2n) is 5.21. The lowest BCUT2D eigenvalue weighted by atomic mass is 9.79. The smallest absolute Gasteiger partial charge is 0.399 e. The van der Waals surface area contributed by atoms with E-state index in [4.69, 9.17) is 0 Å². The fourth-order valence-electron chi connectivity index (χ4n) is 2.72. The van der Waals surface area contributed by atoms with E-state index >= 15 is 0 Å². The Labute approximate surface area is 119 Å². The van der Waals surface area contributed by atoms with Crippen molar-refractivity contribution in [2.24, 2.45) is 5.92 Å². The third-order valence-electron chi connectivity index (χ3n) is 3.81. The van der Waals surface area contributed by atoms with Crippen molar-refractivity contribution in [3.63, 3.8) is 0 Å². The zero-order valence-corrected chi connectivity index (χ0v) is 11.2. The first kappa shape index (κ1) is 15.8. The van der Waals surface area contributed by atoms with E-state index in [1.54, 1.807) is 0 Å². The Hall–Kier alpha value is -1.59. The third kappa shape index (κ3) is 3.95. The molecule has 1 fully saturated rings. The van der Waals surface area contributed by atoms with Gasteiger partial charge in [0.25, 0.3) is 0 Å². The SMILES string of the molecule is C=C[C@H]1CC[C@H](c2cc(F)c(OC(F)(F)F)c(F)c2)CC1. The molecule has 1 aromatic rings. The number of alkyl halides is 3. The lowest BCUT2D eigenvalue weighted by Crippen LogP contribution is -2.19. The molecule has 1 aliphatic rings. The van der Waals surface area contributed by atoms with Crippen LogP contribution in [-0.4, -0.2) is 6.36 Å². The van der Waals surface area contributed by atoms with Gasteiger partial charge in [-0.15, -0.1) is 19.8 Å². The van der Waals surface area contributed by atoms with Gasteiger partial charge < -0.3 is 4.74 Å². The van der Waals surface area contributed by atoms with Crippen molar-refractivity contribution in [3.8, 4) is 5.75 Å². The number of hydrogen-bond acceptors (Lipinski definition) is 1. The van der Waals surface area contributed by atoms with Crippen molar-refractivity contribution in [2.75, 3.05) is 0 Å². The molecule has 6 heteroatoms. The molecule has 0 N–H and O–H groups in total. The molecule has 0 aromatic heterocycles. The van der Waals surface area contributed by atoms with E-state index in [1.807, 2.05) is 6.08 Å². The van der Waals surface area contributed by atoms with E-state index in [-0.39, 0.29) is 5.92 Å². The Kier molecular flexibility index (Phi) is 4.54. The van der Waals surface area contributed by atoms with Crippen LogP contribution in [-0.2, 0) is 0 Å². The molecule has 1 saturated carbocycles. The molecule has 0 unspecified atom stereocenters. The molecule has 0 heterocycles. The maximum absolute atomic E-state index is 13.7. The Morgan fingerprint density at radius 1 is 1.05 bits per heavy atom. The fraction of sp³-hybridized carbons (Fsp3) is 0.467. The maximum atomic E-state index is 13.7. The first-order valence-electron chi connectivity index (χ1n) is 6.67. The molecule has 2 rings (SSSR count). The van der Waals surface area contributed by atoms with Gasteiger partial charge >= 0.3 is 6.36 Å². The quantitative estimate of drug-likeness (QED) is 0.542. The first-order chi connectivity index (χ1) is 9.80. The van der Waals surface area contributed by atoms with E-state index in [0.717, 1.165) is 37.8 Å². The number of ether oxygens (including phenoxy) is 1. The molecule has 0 saturated heterocycles. The van der Waals surface area contributed by atoms with Gasteiger partial charge in [-0.3, -0.25) is 0 Å². The summed E-state index contributed by atoms with van der Waals surface area (Å²) in [5, 5.41) is 0. The molecule has 1 nitrogen and oxygen atoms in total. The van der Waals surface area contributed by atoms with Gasteiger partial charge in [-0.25, -0.2) is 8.78 Å². The van der Waals surface area contributed by atoms with Crippen molar-refractivity contribution in [3.05, 3.63) is 42.0 Å². The minimum Gasteiger partial charge on any atom is -0.399 e. The van der Waals surface area contributed by atoms with Crippen LogP contribution in [0.4, 0.5) is 22.0 Å². The third-order valence-corrected chi connectivity index (χ3v) is 3.81. The van der Waals surface area contributed by atoms with Gasteiger partial charge in [0, 0.05) is 0 Å².